The van der Waals surface area contributed by atoms with Crippen molar-refractivity contribution in [2.45, 2.75) is 44.6 Å². The Morgan fingerprint density at radius 2 is 2.08 bits per heavy atom. The zero-order valence-corrected chi connectivity index (χ0v) is 15.6. The highest BCUT2D eigenvalue weighted by molar-refractivity contribution is 5.86. The van der Waals surface area contributed by atoms with Gasteiger partial charge < -0.3 is 19.9 Å². The number of rotatable bonds is 4. The van der Waals surface area contributed by atoms with Crippen molar-refractivity contribution >= 4 is 16.9 Å². The van der Waals surface area contributed by atoms with Crippen molar-refractivity contribution in [1.82, 2.24) is 15.2 Å². The van der Waals surface area contributed by atoms with Gasteiger partial charge in [0, 0.05) is 36.8 Å². The zero-order chi connectivity index (χ0) is 17.9. The molecule has 1 aromatic heterocycles. The van der Waals surface area contributed by atoms with Gasteiger partial charge in [0.05, 0.1) is 12.6 Å². The van der Waals surface area contributed by atoms with E-state index in [0.29, 0.717) is 19.1 Å². The normalized spacial score (nSPS) is 21.0. The summed E-state index contributed by atoms with van der Waals surface area (Å²) in [5.41, 5.74) is 3.88. The molecule has 2 heterocycles. The van der Waals surface area contributed by atoms with Crippen molar-refractivity contribution in [3.63, 3.8) is 0 Å². The van der Waals surface area contributed by atoms with E-state index in [1.807, 2.05) is 0 Å². The summed E-state index contributed by atoms with van der Waals surface area (Å²) >= 11 is 0. The molecule has 1 aliphatic carbocycles. The Kier molecular flexibility index (Phi) is 5.16. The lowest BCUT2D eigenvalue weighted by Gasteiger charge is -2.41. The van der Waals surface area contributed by atoms with Crippen LogP contribution >= 0.6 is 0 Å². The van der Waals surface area contributed by atoms with Gasteiger partial charge >= 0.3 is 6.03 Å². The fraction of sp³-hybridized carbons (Fsp3) is 0.571. The number of amides is 2. The van der Waals surface area contributed by atoms with Crippen LogP contribution in [0.1, 0.15) is 49.4 Å². The first-order valence-electron chi connectivity index (χ1n) is 9.92. The fourth-order valence-electron chi connectivity index (χ4n) is 4.80. The number of H-pyrrole nitrogens is 1. The molecule has 1 aliphatic heterocycles. The lowest BCUT2D eigenvalue weighted by molar-refractivity contribution is 0.118. The van der Waals surface area contributed by atoms with E-state index in [1.165, 1.54) is 54.3 Å². The Morgan fingerprint density at radius 1 is 1.27 bits per heavy atom. The average molecular weight is 355 g/mol. The predicted molar refractivity (Wildman–Crippen MR) is 103 cm³/mol. The predicted octanol–water partition coefficient (Wildman–Crippen LogP) is 4.00. The number of carbonyl (C=O) groups is 1. The first-order valence-corrected chi connectivity index (χ1v) is 9.92. The molecule has 5 heteroatoms. The second kappa shape index (κ2) is 7.70. The van der Waals surface area contributed by atoms with E-state index < -0.39 is 0 Å². The number of para-hydroxylation sites is 1. The topological polar surface area (TPSA) is 57.4 Å². The summed E-state index contributed by atoms with van der Waals surface area (Å²) in [6.07, 6.45) is 7.21. The standard InChI is InChI=1S/C21H29N3O2/c1-26-14-12-22-21(25)24-13-11-17-16-9-5-6-10-18(16)23-19(17)20(24)15-7-3-2-4-8-15/h5-6,9-10,15,20,23H,2-4,7-8,11-14H2,1H3,(H,22,25). The Morgan fingerprint density at radius 3 is 2.88 bits per heavy atom. The minimum atomic E-state index is 0.0435. The van der Waals surface area contributed by atoms with Crippen molar-refractivity contribution in [2.75, 3.05) is 26.8 Å². The van der Waals surface area contributed by atoms with Crippen LogP contribution in [0.15, 0.2) is 24.3 Å². The van der Waals surface area contributed by atoms with Gasteiger partial charge in [-0.15, -0.1) is 0 Å². The molecular weight excluding hydrogens is 326 g/mol. The summed E-state index contributed by atoms with van der Waals surface area (Å²) < 4.78 is 5.08. The third kappa shape index (κ3) is 3.20. The van der Waals surface area contributed by atoms with Crippen LogP contribution in [0.25, 0.3) is 10.9 Å². The fourth-order valence-corrected chi connectivity index (χ4v) is 4.80. The van der Waals surface area contributed by atoms with E-state index in [9.17, 15) is 4.79 Å². The van der Waals surface area contributed by atoms with Crippen LogP contribution in [0.2, 0.25) is 0 Å². The number of nitrogens with one attached hydrogen (secondary N) is 2. The second-order valence-corrected chi connectivity index (χ2v) is 7.57. The van der Waals surface area contributed by atoms with E-state index >= 15 is 0 Å². The molecule has 2 aliphatic rings. The quantitative estimate of drug-likeness (QED) is 0.815. The molecule has 1 fully saturated rings. The SMILES string of the molecule is COCCNC(=O)N1CCc2c([nH]c3ccccc23)C1C1CCCCC1. The maximum atomic E-state index is 12.9. The van der Waals surface area contributed by atoms with Gasteiger partial charge in [-0.3, -0.25) is 0 Å². The van der Waals surface area contributed by atoms with Crippen LogP contribution in [0.5, 0.6) is 0 Å². The van der Waals surface area contributed by atoms with Crippen LogP contribution in [0.3, 0.4) is 0 Å². The molecule has 1 saturated carbocycles. The van der Waals surface area contributed by atoms with Crippen LogP contribution < -0.4 is 5.32 Å². The Labute approximate surface area is 155 Å². The zero-order valence-electron chi connectivity index (χ0n) is 15.6. The molecule has 5 nitrogen and oxygen atoms in total. The third-order valence-corrected chi connectivity index (χ3v) is 6.02. The Bertz CT molecular complexity index is 764. The maximum Gasteiger partial charge on any atom is 0.318 e. The second-order valence-electron chi connectivity index (χ2n) is 7.57. The number of ether oxygens (including phenoxy) is 1. The molecule has 2 N–H and O–H groups in total. The largest absolute Gasteiger partial charge is 0.383 e. The van der Waals surface area contributed by atoms with Crippen molar-refractivity contribution in [3.05, 3.63) is 35.5 Å². The number of nitrogens with zero attached hydrogens (tertiary/aromatic N) is 1. The molecule has 2 aromatic rings. The Hall–Kier alpha value is -2.01. The maximum absolute atomic E-state index is 12.9. The molecule has 0 spiro atoms. The molecule has 26 heavy (non-hydrogen) atoms. The highest BCUT2D eigenvalue weighted by Gasteiger charge is 2.38. The van der Waals surface area contributed by atoms with Crippen LogP contribution in [0.4, 0.5) is 4.79 Å². The molecule has 0 radical (unpaired) electrons. The van der Waals surface area contributed by atoms with Crippen LogP contribution in [-0.4, -0.2) is 42.7 Å². The van der Waals surface area contributed by atoms with Crippen molar-refractivity contribution in [3.8, 4) is 0 Å². The molecule has 0 saturated heterocycles. The number of fused-ring (bicyclic) bond motifs is 3. The van der Waals surface area contributed by atoms with Gasteiger partial charge in [-0.25, -0.2) is 4.79 Å². The number of hydrogen-bond donors (Lipinski definition) is 2. The monoisotopic (exact) mass is 355 g/mol. The van der Waals surface area contributed by atoms with E-state index in [1.54, 1.807) is 7.11 Å². The number of carbonyl (C=O) groups excluding carboxylic acids is 1. The summed E-state index contributed by atoms with van der Waals surface area (Å²) in [7, 11) is 1.66. The molecule has 1 atom stereocenters. The van der Waals surface area contributed by atoms with Crippen LogP contribution in [0, 0.1) is 5.92 Å². The van der Waals surface area contributed by atoms with Crippen molar-refractivity contribution in [1.29, 1.82) is 0 Å². The molecule has 4 rings (SSSR count). The number of methoxy groups -OCH3 is 1. The van der Waals surface area contributed by atoms with Crippen molar-refractivity contribution in [2.24, 2.45) is 5.92 Å². The summed E-state index contributed by atoms with van der Waals surface area (Å²) in [4.78, 5) is 18.6. The summed E-state index contributed by atoms with van der Waals surface area (Å²) in [5.74, 6) is 0.545. The molecular formula is C21H29N3O2. The van der Waals surface area contributed by atoms with E-state index in [2.05, 4.69) is 39.5 Å². The smallest absolute Gasteiger partial charge is 0.318 e. The summed E-state index contributed by atoms with van der Waals surface area (Å²) in [6, 6.07) is 8.74. The Balaban J connectivity index is 1.67. The number of aromatic nitrogens is 1. The molecule has 2 amide bonds. The van der Waals surface area contributed by atoms with Gasteiger partial charge in [-0.1, -0.05) is 37.5 Å². The lowest BCUT2D eigenvalue weighted by atomic mass is 9.79. The van der Waals surface area contributed by atoms with Gasteiger partial charge in [0.1, 0.15) is 0 Å². The summed E-state index contributed by atoms with van der Waals surface area (Å²) in [5, 5.41) is 4.36. The minimum Gasteiger partial charge on any atom is -0.383 e. The minimum absolute atomic E-state index is 0.0435. The van der Waals surface area contributed by atoms with E-state index in [4.69, 9.17) is 4.74 Å². The van der Waals surface area contributed by atoms with Gasteiger partial charge in [0.25, 0.3) is 0 Å². The number of urea groups is 1. The van der Waals surface area contributed by atoms with Gasteiger partial charge in [0.15, 0.2) is 0 Å². The average Bonchev–Trinajstić information content (AvgIpc) is 3.06. The first kappa shape index (κ1) is 17.4. The number of aromatic amines is 1. The molecule has 140 valence electrons. The van der Waals surface area contributed by atoms with E-state index in [-0.39, 0.29) is 12.1 Å². The molecule has 0 bridgehead atoms. The highest BCUT2D eigenvalue weighted by atomic mass is 16.5. The van der Waals surface area contributed by atoms with Crippen LogP contribution in [-0.2, 0) is 11.2 Å². The lowest BCUT2D eigenvalue weighted by Crippen LogP contribution is -2.48. The molecule has 1 unspecified atom stereocenters. The first-order chi connectivity index (χ1) is 12.8. The van der Waals surface area contributed by atoms with Crippen molar-refractivity contribution < 1.29 is 9.53 Å². The third-order valence-electron chi connectivity index (χ3n) is 6.02. The van der Waals surface area contributed by atoms with E-state index in [0.717, 1.165) is 13.0 Å². The highest BCUT2D eigenvalue weighted by Crippen LogP contribution is 2.43. The van der Waals surface area contributed by atoms with Gasteiger partial charge in [-0.2, -0.15) is 0 Å². The number of benzene rings is 1. The summed E-state index contributed by atoms with van der Waals surface area (Å²) in [6.45, 7) is 1.89. The van der Waals surface area contributed by atoms with Gasteiger partial charge in [-0.05, 0) is 36.8 Å². The number of hydrogen-bond acceptors (Lipinski definition) is 2. The molecule has 1 aromatic carbocycles. The van der Waals surface area contributed by atoms with Gasteiger partial charge in [0.2, 0.25) is 0 Å².